The summed E-state index contributed by atoms with van der Waals surface area (Å²) in [4.78, 5) is 29.2. The zero-order valence-corrected chi connectivity index (χ0v) is 20.1. The van der Waals surface area contributed by atoms with Gasteiger partial charge in [-0.05, 0) is 42.0 Å². The summed E-state index contributed by atoms with van der Waals surface area (Å²) in [6, 6.07) is 10.5. The Hall–Kier alpha value is -3.20. The molecule has 168 valence electrons. The van der Waals surface area contributed by atoms with Crippen LogP contribution in [0.4, 0.5) is 0 Å². The van der Waals surface area contributed by atoms with E-state index in [1.807, 2.05) is 32.9 Å². The van der Waals surface area contributed by atoms with E-state index in [2.05, 4.69) is 25.8 Å². The zero-order chi connectivity index (χ0) is 23.5. The van der Waals surface area contributed by atoms with E-state index in [-0.39, 0.29) is 12.2 Å². The van der Waals surface area contributed by atoms with Gasteiger partial charge in [-0.15, -0.1) is 0 Å². The van der Waals surface area contributed by atoms with Crippen molar-refractivity contribution in [1.29, 1.82) is 0 Å². The first kappa shape index (κ1) is 23.5. The second-order valence-electron chi connectivity index (χ2n) is 7.98. The Morgan fingerprint density at radius 2 is 1.91 bits per heavy atom. The first-order valence-corrected chi connectivity index (χ1v) is 10.6. The van der Waals surface area contributed by atoms with Crippen LogP contribution in [0.3, 0.4) is 0 Å². The molecule has 9 heteroatoms. The molecule has 0 amide bonds. The fraction of sp³-hybridized carbons (Fsp3) is 0.304. The lowest BCUT2D eigenvalue weighted by atomic mass is 9.95. The third kappa shape index (κ3) is 5.16. The van der Waals surface area contributed by atoms with Crippen LogP contribution in [-0.4, -0.2) is 42.7 Å². The van der Waals surface area contributed by atoms with Gasteiger partial charge in [0.25, 0.3) is 5.56 Å². The van der Waals surface area contributed by atoms with Crippen LogP contribution >= 0.6 is 15.9 Å². The lowest BCUT2D eigenvalue weighted by molar-refractivity contribution is -0.142. The van der Waals surface area contributed by atoms with Gasteiger partial charge in [0, 0.05) is 9.89 Å². The van der Waals surface area contributed by atoms with E-state index in [0.717, 1.165) is 4.47 Å². The van der Waals surface area contributed by atoms with Gasteiger partial charge in [-0.1, -0.05) is 36.7 Å². The first-order chi connectivity index (χ1) is 15.1. The molecule has 2 aromatic carbocycles. The summed E-state index contributed by atoms with van der Waals surface area (Å²) in [5.41, 5.74) is 0.611. The lowest BCUT2D eigenvalue weighted by Crippen LogP contribution is -2.29. The summed E-state index contributed by atoms with van der Waals surface area (Å²) in [5.74, 6) is 0.849. The van der Waals surface area contributed by atoms with Gasteiger partial charge >= 0.3 is 5.97 Å². The van der Waals surface area contributed by atoms with Gasteiger partial charge in [-0.25, -0.2) is 9.78 Å². The van der Waals surface area contributed by atoms with Gasteiger partial charge in [-0.3, -0.25) is 4.79 Å². The van der Waals surface area contributed by atoms with Crippen LogP contribution in [0.25, 0.3) is 10.9 Å². The normalized spacial score (nSPS) is 11.7. The monoisotopic (exact) mass is 501 g/mol. The van der Waals surface area contributed by atoms with Gasteiger partial charge in [0.2, 0.25) is 0 Å². The van der Waals surface area contributed by atoms with Crippen LogP contribution in [0.15, 0.2) is 50.8 Å². The number of aromatic nitrogens is 2. The number of carbonyl (C=O) groups is 1. The van der Waals surface area contributed by atoms with Gasteiger partial charge in [-0.2, -0.15) is 9.78 Å². The first-order valence-electron chi connectivity index (χ1n) is 9.79. The Balaban J connectivity index is 2.03. The maximum Gasteiger partial charge on any atom is 0.343 e. The van der Waals surface area contributed by atoms with E-state index in [1.54, 1.807) is 30.5 Å². The van der Waals surface area contributed by atoms with Crippen LogP contribution in [0, 0.1) is 0 Å². The van der Waals surface area contributed by atoms with Crippen molar-refractivity contribution in [3.05, 3.63) is 62.6 Å². The zero-order valence-electron chi connectivity index (χ0n) is 18.5. The molecule has 1 aromatic heterocycles. The summed E-state index contributed by atoms with van der Waals surface area (Å²) in [6.45, 7) is 5.69. The van der Waals surface area contributed by atoms with Crippen molar-refractivity contribution >= 4 is 39.0 Å². The molecule has 0 bridgehead atoms. The average molecular weight is 502 g/mol. The minimum Gasteiger partial charge on any atom is -0.493 e. The van der Waals surface area contributed by atoms with E-state index in [1.165, 1.54) is 18.9 Å². The highest BCUT2D eigenvalue weighted by Crippen LogP contribution is 2.28. The number of halogens is 1. The number of rotatable bonds is 6. The number of hydrogen-bond donors (Lipinski definition) is 0. The minimum absolute atomic E-state index is 0.233. The highest BCUT2D eigenvalue weighted by molar-refractivity contribution is 9.10. The van der Waals surface area contributed by atoms with Crippen LogP contribution in [0.2, 0.25) is 0 Å². The Morgan fingerprint density at radius 3 is 2.56 bits per heavy atom. The second-order valence-corrected chi connectivity index (χ2v) is 8.90. The van der Waals surface area contributed by atoms with Crippen molar-refractivity contribution in [3.63, 3.8) is 0 Å². The highest BCUT2D eigenvalue weighted by Gasteiger charge is 2.23. The molecular weight excluding hydrogens is 478 g/mol. The Bertz CT molecular complexity index is 1240. The smallest absolute Gasteiger partial charge is 0.343 e. The molecule has 0 radical (unpaired) electrons. The molecule has 3 aromatic rings. The van der Waals surface area contributed by atoms with Crippen molar-refractivity contribution in [3.8, 4) is 11.5 Å². The summed E-state index contributed by atoms with van der Waals surface area (Å²) in [6.07, 6.45) is 1.55. The van der Waals surface area contributed by atoms with Crippen LogP contribution < -0.4 is 15.0 Å². The molecule has 0 spiro atoms. The third-order valence-electron chi connectivity index (χ3n) is 4.56. The predicted octanol–water partition coefficient (Wildman–Crippen LogP) is 3.90. The Morgan fingerprint density at radius 1 is 1.16 bits per heavy atom. The average Bonchev–Trinajstić information content (AvgIpc) is 2.76. The molecular formula is C23H24BrN3O5. The standard InChI is InChI=1S/C23H24BrN3O5/c1-23(2,3)22-26-17-8-7-15(24)11-16(17)21(29)27(22)25-12-14-6-9-18(19(10-14)30-4)32-13-20(28)31-5/h6-12H,13H2,1-5H3. The summed E-state index contributed by atoms with van der Waals surface area (Å²) >= 11 is 3.40. The molecule has 0 saturated carbocycles. The molecule has 32 heavy (non-hydrogen) atoms. The van der Waals surface area contributed by atoms with Gasteiger partial charge < -0.3 is 14.2 Å². The van der Waals surface area contributed by atoms with Gasteiger partial charge in [0.05, 0.1) is 31.3 Å². The molecule has 0 aliphatic heterocycles. The van der Waals surface area contributed by atoms with Crippen LogP contribution in [0.5, 0.6) is 11.5 Å². The van der Waals surface area contributed by atoms with Crippen molar-refractivity contribution in [1.82, 2.24) is 9.66 Å². The number of nitrogens with zero attached hydrogens (tertiary/aromatic N) is 3. The fourth-order valence-corrected chi connectivity index (χ4v) is 3.31. The molecule has 3 rings (SSSR count). The van der Waals surface area contributed by atoms with Crippen molar-refractivity contribution < 1.29 is 19.0 Å². The number of benzene rings is 2. The van der Waals surface area contributed by atoms with Crippen LogP contribution in [-0.2, 0) is 14.9 Å². The molecule has 0 aliphatic carbocycles. The third-order valence-corrected chi connectivity index (χ3v) is 5.06. The quantitative estimate of drug-likeness (QED) is 0.375. The van der Waals surface area contributed by atoms with Crippen molar-refractivity contribution in [2.75, 3.05) is 20.8 Å². The molecule has 0 aliphatic rings. The van der Waals surface area contributed by atoms with Crippen molar-refractivity contribution in [2.24, 2.45) is 5.10 Å². The number of esters is 1. The van der Waals surface area contributed by atoms with Crippen molar-refractivity contribution in [2.45, 2.75) is 26.2 Å². The van der Waals surface area contributed by atoms with E-state index in [0.29, 0.717) is 33.8 Å². The Labute approximate surface area is 194 Å². The summed E-state index contributed by atoms with van der Waals surface area (Å²) < 4.78 is 17.5. The van der Waals surface area contributed by atoms with Gasteiger partial charge in [0.15, 0.2) is 18.1 Å². The molecule has 0 fully saturated rings. The maximum absolute atomic E-state index is 13.2. The van der Waals surface area contributed by atoms with E-state index < -0.39 is 11.4 Å². The predicted molar refractivity (Wildman–Crippen MR) is 126 cm³/mol. The maximum atomic E-state index is 13.2. The number of methoxy groups -OCH3 is 2. The summed E-state index contributed by atoms with van der Waals surface area (Å²) in [5, 5.41) is 4.91. The number of carbonyl (C=O) groups excluding carboxylic acids is 1. The Kier molecular flexibility index (Phi) is 6.98. The second kappa shape index (κ2) is 9.52. The highest BCUT2D eigenvalue weighted by atomic mass is 79.9. The van der Waals surface area contributed by atoms with E-state index in [9.17, 15) is 9.59 Å². The van der Waals surface area contributed by atoms with Gasteiger partial charge in [0.1, 0.15) is 5.82 Å². The fourth-order valence-electron chi connectivity index (χ4n) is 2.95. The molecule has 0 atom stereocenters. The summed E-state index contributed by atoms with van der Waals surface area (Å²) in [7, 11) is 2.78. The minimum atomic E-state index is -0.498. The number of ether oxygens (including phenoxy) is 3. The molecule has 0 saturated heterocycles. The van der Waals surface area contributed by atoms with E-state index in [4.69, 9.17) is 14.5 Å². The van der Waals surface area contributed by atoms with Crippen LogP contribution in [0.1, 0.15) is 32.2 Å². The topological polar surface area (TPSA) is 92.0 Å². The lowest BCUT2D eigenvalue weighted by Gasteiger charge is -2.20. The molecule has 1 heterocycles. The molecule has 0 unspecified atom stereocenters. The SMILES string of the molecule is COC(=O)COc1ccc(C=Nn2c(C(C)(C)C)nc3ccc(Br)cc3c2=O)cc1OC. The number of fused-ring (bicyclic) bond motifs is 1. The molecule has 0 N–H and O–H groups in total. The largest absolute Gasteiger partial charge is 0.493 e. The number of hydrogen-bond acceptors (Lipinski definition) is 7. The van der Waals surface area contributed by atoms with E-state index >= 15 is 0 Å². The molecule has 8 nitrogen and oxygen atoms in total.